The third-order valence-electron chi connectivity index (χ3n) is 3.68. The molecule has 1 aliphatic rings. The van der Waals surface area contributed by atoms with E-state index in [0.717, 1.165) is 29.9 Å². The highest BCUT2D eigenvalue weighted by Crippen LogP contribution is 2.36. The first kappa shape index (κ1) is 12.0. The molecular formula is C14H17FN4. The van der Waals surface area contributed by atoms with Crippen molar-refractivity contribution in [3.63, 3.8) is 0 Å². The van der Waals surface area contributed by atoms with Gasteiger partial charge in [-0.25, -0.2) is 4.39 Å². The molecule has 4 nitrogen and oxygen atoms in total. The monoisotopic (exact) mass is 260 g/mol. The fourth-order valence-electron chi connectivity index (χ4n) is 2.61. The van der Waals surface area contributed by atoms with E-state index in [1.165, 1.54) is 18.9 Å². The van der Waals surface area contributed by atoms with Gasteiger partial charge in [0.25, 0.3) is 0 Å². The van der Waals surface area contributed by atoms with Crippen LogP contribution in [-0.2, 0) is 7.05 Å². The highest BCUT2D eigenvalue weighted by Gasteiger charge is 2.19. The van der Waals surface area contributed by atoms with Gasteiger partial charge in [0, 0.05) is 37.0 Å². The van der Waals surface area contributed by atoms with Gasteiger partial charge in [0.1, 0.15) is 11.6 Å². The molecule has 0 unspecified atom stereocenters. The molecule has 1 fully saturated rings. The lowest BCUT2D eigenvalue weighted by Gasteiger charge is -2.21. The van der Waals surface area contributed by atoms with Crippen LogP contribution in [0.1, 0.15) is 12.8 Å². The van der Waals surface area contributed by atoms with Gasteiger partial charge in [0.05, 0.1) is 6.20 Å². The van der Waals surface area contributed by atoms with Gasteiger partial charge in [-0.3, -0.25) is 4.68 Å². The number of hydrogen-bond donors (Lipinski definition) is 1. The molecule has 0 bridgehead atoms. The molecule has 19 heavy (non-hydrogen) atoms. The van der Waals surface area contributed by atoms with Crippen molar-refractivity contribution in [1.29, 1.82) is 0 Å². The SMILES string of the molecule is Cn1ncc(-c2cc(F)ccc2N2CCCC2)c1N. The van der Waals surface area contributed by atoms with Crippen molar-refractivity contribution < 1.29 is 4.39 Å². The molecule has 0 aliphatic carbocycles. The van der Waals surface area contributed by atoms with Crippen molar-refractivity contribution >= 4 is 11.5 Å². The zero-order chi connectivity index (χ0) is 13.4. The number of aryl methyl sites for hydroxylation is 1. The minimum absolute atomic E-state index is 0.249. The number of nitrogens with zero attached hydrogens (tertiary/aromatic N) is 3. The third-order valence-corrected chi connectivity index (χ3v) is 3.68. The molecule has 2 N–H and O–H groups in total. The second kappa shape index (κ2) is 4.57. The molecule has 0 atom stereocenters. The lowest BCUT2D eigenvalue weighted by atomic mass is 10.1. The van der Waals surface area contributed by atoms with Crippen LogP contribution in [0.3, 0.4) is 0 Å². The summed E-state index contributed by atoms with van der Waals surface area (Å²) in [6.07, 6.45) is 4.06. The summed E-state index contributed by atoms with van der Waals surface area (Å²) in [7, 11) is 1.79. The van der Waals surface area contributed by atoms with Gasteiger partial charge in [0.15, 0.2) is 0 Å². The molecule has 1 aromatic carbocycles. The Morgan fingerprint density at radius 3 is 2.58 bits per heavy atom. The van der Waals surface area contributed by atoms with Crippen molar-refractivity contribution in [2.75, 3.05) is 23.7 Å². The van der Waals surface area contributed by atoms with Crippen molar-refractivity contribution in [3.05, 3.63) is 30.2 Å². The minimum Gasteiger partial charge on any atom is -0.383 e. The number of benzene rings is 1. The molecule has 0 amide bonds. The smallest absolute Gasteiger partial charge is 0.129 e. The fraction of sp³-hybridized carbons (Fsp3) is 0.357. The average Bonchev–Trinajstić information content (AvgIpc) is 3.01. The number of anilines is 2. The topological polar surface area (TPSA) is 47.1 Å². The molecule has 3 rings (SSSR count). The molecular weight excluding hydrogens is 243 g/mol. The molecule has 0 spiro atoms. The molecule has 1 aromatic heterocycles. The maximum absolute atomic E-state index is 13.6. The molecule has 2 aromatic rings. The Kier molecular flexibility index (Phi) is 2.89. The molecule has 5 heteroatoms. The summed E-state index contributed by atoms with van der Waals surface area (Å²) < 4.78 is 15.2. The molecule has 1 saturated heterocycles. The second-order valence-corrected chi connectivity index (χ2v) is 4.92. The minimum atomic E-state index is -0.249. The Hall–Kier alpha value is -2.04. The van der Waals surface area contributed by atoms with Crippen molar-refractivity contribution in [3.8, 4) is 11.1 Å². The number of hydrogen-bond acceptors (Lipinski definition) is 3. The Morgan fingerprint density at radius 2 is 1.95 bits per heavy atom. The standard InChI is InChI=1S/C14H17FN4/c1-18-14(16)12(9-17-18)11-8-10(15)4-5-13(11)19-6-2-3-7-19/h4-5,8-9H,2-3,6-7,16H2,1H3. The van der Waals surface area contributed by atoms with Gasteiger partial charge in [-0.05, 0) is 31.0 Å². The van der Waals surface area contributed by atoms with Crippen LogP contribution >= 0.6 is 0 Å². The van der Waals surface area contributed by atoms with Crippen LogP contribution in [0.4, 0.5) is 15.9 Å². The van der Waals surface area contributed by atoms with E-state index in [1.807, 2.05) is 6.07 Å². The van der Waals surface area contributed by atoms with E-state index in [2.05, 4.69) is 10.00 Å². The van der Waals surface area contributed by atoms with Gasteiger partial charge in [-0.1, -0.05) is 0 Å². The number of nitrogen functional groups attached to an aromatic ring is 1. The molecule has 0 radical (unpaired) electrons. The average molecular weight is 260 g/mol. The molecule has 2 heterocycles. The summed E-state index contributed by atoms with van der Waals surface area (Å²) in [6, 6.07) is 4.88. The number of aromatic nitrogens is 2. The van der Waals surface area contributed by atoms with Crippen molar-refractivity contribution in [2.45, 2.75) is 12.8 Å². The summed E-state index contributed by atoms with van der Waals surface area (Å²) >= 11 is 0. The van der Waals surface area contributed by atoms with E-state index in [-0.39, 0.29) is 5.82 Å². The van der Waals surface area contributed by atoms with Gasteiger partial charge in [-0.2, -0.15) is 5.10 Å². The molecule has 1 aliphatic heterocycles. The first-order valence-corrected chi connectivity index (χ1v) is 6.49. The Bertz CT molecular complexity index is 599. The van der Waals surface area contributed by atoms with Crippen LogP contribution in [0.15, 0.2) is 24.4 Å². The van der Waals surface area contributed by atoms with Crippen LogP contribution in [-0.4, -0.2) is 22.9 Å². The lowest BCUT2D eigenvalue weighted by molar-refractivity contribution is 0.628. The van der Waals surface area contributed by atoms with E-state index in [4.69, 9.17) is 5.73 Å². The maximum Gasteiger partial charge on any atom is 0.129 e. The van der Waals surface area contributed by atoms with Gasteiger partial charge in [-0.15, -0.1) is 0 Å². The number of rotatable bonds is 2. The van der Waals surface area contributed by atoms with Gasteiger partial charge < -0.3 is 10.6 Å². The third kappa shape index (κ3) is 2.05. The van der Waals surface area contributed by atoms with Crippen LogP contribution < -0.4 is 10.6 Å². The Morgan fingerprint density at radius 1 is 1.21 bits per heavy atom. The quantitative estimate of drug-likeness (QED) is 0.902. The summed E-state index contributed by atoms with van der Waals surface area (Å²) in [6.45, 7) is 2.03. The van der Waals surface area contributed by atoms with E-state index < -0.39 is 0 Å². The summed E-state index contributed by atoms with van der Waals surface area (Å²) in [5.41, 5.74) is 8.67. The summed E-state index contributed by atoms with van der Waals surface area (Å²) in [5, 5.41) is 4.14. The highest BCUT2D eigenvalue weighted by atomic mass is 19.1. The normalized spacial score (nSPS) is 15.2. The first-order chi connectivity index (χ1) is 9.16. The van der Waals surface area contributed by atoms with Gasteiger partial charge >= 0.3 is 0 Å². The predicted molar refractivity (Wildman–Crippen MR) is 74.5 cm³/mol. The van der Waals surface area contributed by atoms with Crippen molar-refractivity contribution in [2.24, 2.45) is 7.05 Å². The zero-order valence-corrected chi connectivity index (χ0v) is 10.9. The fourth-order valence-corrected chi connectivity index (χ4v) is 2.61. The first-order valence-electron chi connectivity index (χ1n) is 6.49. The summed E-state index contributed by atoms with van der Waals surface area (Å²) in [4.78, 5) is 2.28. The van der Waals surface area contributed by atoms with Gasteiger partial charge in [0.2, 0.25) is 0 Å². The van der Waals surface area contributed by atoms with E-state index in [0.29, 0.717) is 5.82 Å². The number of nitrogens with two attached hydrogens (primary N) is 1. The Labute approximate surface area is 111 Å². The predicted octanol–water partition coefficient (Wildman–Crippen LogP) is 2.41. The zero-order valence-electron chi connectivity index (χ0n) is 10.9. The lowest BCUT2D eigenvalue weighted by Crippen LogP contribution is -2.18. The second-order valence-electron chi connectivity index (χ2n) is 4.92. The van der Waals surface area contributed by atoms with Crippen LogP contribution in [0.25, 0.3) is 11.1 Å². The van der Waals surface area contributed by atoms with Crippen LogP contribution in [0, 0.1) is 5.82 Å². The van der Waals surface area contributed by atoms with Crippen LogP contribution in [0.2, 0.25) is 0 Å². The van der Waals surface area contributed by atoms with Crippen LogP contribution in [0.5, 0.6) is 0 Å². The van der Waals surface area contributed by atoms with E-state index in [1.54, 1.807) is 24.0 Å². The maximum atomic E-state index is 13.6. The largest absolute Gasteiger partial charge is 0.383 e. The van der Waals surface area contributed by atoms with Crippen molar-refractivity contribution in [1.82, 2.24) is 9.78 Å². The molecule has 0 saturated carbocycles. The number of halogens is 1. The Balaban J connectivity index is 2.13. The summed E-state index contributed by atoms with van der Waals surface area (Å²) in [5.74, 6) is 0.312. The van der Waals surface area contributed by atoms with E-state index >= 15 is 0 Å². The molecule has 100 valence electrons. The van der Waals surface area contributed by atoms with E-state index in [9.17, 15) is 4.39 Å². The highest BCUT2D eigenvalue weighted by molar-refractivity contribution is 5.84.